The first-order valence-electron chi connectivity index (χ1n) is 8.49. The summed E-state index contributed by atoms with van der Waals surface area (Å²) in [5.41, 5.74) is 0.551. The average Bonchev–Trinajstić information content (AvgIpc) is 2.94. The molecule has 2 aliphatic rings. The van der Waals surface area contributed by atoms with Crippen LogP contribution < -0.4 is 14.8 Å². The number of benzene rings is 2. The molecule has 2 heterocycles. The van der Waals surface area contributed by atoms with E-state index < -0.39 is 0 Å². The van der Waals surface area contributed by atoms with E-state index in [0.29, 0.717) is 29.1 Å². The van der Waals surface area contributed by atoms with E-state index in [1.807, 2.05) is 36.4 Å². The van der Waals surface area contributed by atoms with Crippen molar-refractivity contribution in [3.05, 3.63) is 54.1 Å². The number of nitrogens with zero attached hydrogens (tertiary/aromatic N) is 1. The zero-order chi connectivity index (χ0) is 16.4. The van der Waals surface area contributed by atoms with Crippen molar-refractivity contribution in [1.29, 1.82) is 5.26 Å². The number of nitrogens with one attached hydrogen (secondary N) is 1. The fourth-order valence-corrected chi connectivity index (χ4v) is 3.68. The Morgan fingerprint density at radius 2 is 1.62 bits per heavy atom. The maximum Gasteiger partial charge on any atom is 0.132 e. The Morgan fingerprint density at radius 1 is 0.917 bits per heavy atom. The molecule has 2 aromatic carbocycles. The third-order valence-electron chi connectivity index (χ3n) is 4.72. The SMILES string of the molecule is N#Cc1cc(Oc2ccccc2)cc(O[C@@H]2C[C@H]3CC[C@@H](C2)N3)c1. The van der Waals surface area contributed by atoms with Crippen molar-refractivity contribution in [3.8, 4) is 23.3 Å². The second-order valence-electron chi connectivity index (χ2n) is 6.57. The lowest BCUT2D eigenvalue weighted by Crippen LogP contribution is -2.42. The van der Waals surface area contributed by atoms with E-state index in [1.165, 1.54) is 12.8 Å². The zero-order valence-corrected chi connectivity index (χ0v) is 13.4. The van der Waals surface area contributed by atoms with Crippen molar-refractivity contribution >= 4 is 0 Å². The summed E-state index contributed by atoms with van der Waals surface area (Å²) < 4.78 is 12.0. The Labute approximate surface area is 142 Å². The van der Waals surface area contributed by atoms with Crippen LogP contribution in [0.15, 0.2) is 48.5 Å². The first kappa shape index (κ1) is 15.0. The summed E-state index contributed by atoms with van der Waals surface area (Å²) >= 11 is 0. The normalized spacial score (nSPS) is 25.0. The molecule has 122 valence electrons. The highest BCUT2D eigenvalue weighted by Crippen LogP contribution is 2.32. The van der Waals surface area contributed by atoms with Gasteiger partial charge < -0.3 is 14.8 Å². The highest BCUT2D eigenvalue weighted by atomic mass is 16.5. The van der Waals surface area contributed by atoms with Gasteiger partial charge in [0.1, 0.15) is 23.4 Å². The standard InChI is InChI=1S/C20H20N2O2/c21-13-14-8-18(23-17-4-2-1-3-5-17)12-19(9-14)24-20-10-15-6-7-16(11-20)22-15/h1-5,8-9,12,15-16,20,22H,6-7,10-11H2/t15-,16+,20-. The molecule has 24 heavy (non-hydrogen) atoms. The number of hydrogen-bond acceptors (Lipinski definition) is 4. The van der Waals surface area contributed by atoms with Crippen LogP contribution in [0.3, 0.4) is 0 Å². The van der Waals surface area contributed by atoms with Crippen LogP contribution in [-0.2, 0) is 0 Å². The van der Waals surface area contributed by atoms with Gasteiger partial charge in [-0.3, -0.25) is 0 Å². The molecule has 4 rings (SSSR count). The molecule has 4 heteroatoms. The fraction of sp³-hybridized carbons (Fsp3) is 0.350. The first-order valence-corrected chi connectivity index (χ1v) is 8.49. The van der Waals surface area contributed by atoms with Gasteiger partial charge in [0.25, 0.3) is 0 Å². The number of ether oxygens (including phenoxy) is 2. The molecular formula is C20H20N2O2. The van der Waals surface area contributed by atoms with Crippen molar-refractivity contribution in [3.63, 3.8) is 0 Å². The topological polar surface area (TPSA) is 54.3 Å². The van der Waals surface area contributed by atoms with Crippen LogP contribution in [0.25, 0.3) is 0 Å². The molecule has 2 aliphatic heterocycles. The minimum absolute atomic E-state index is 0.210. The van der Waals surface area contributed by atoms with Crippen LogP contribution in [0, 0.1) is 11.3 Å². The highest BCUT2D eigenvalue weighted by Gasteiger charge is 2.34. The quantitative estimate of drug-likeness (QED) is 0.924. The molecule has 0 aromatic heterocycles. The minimum atomic E-state index is 0.210. The van der Waals surface area contributed by atoms with Gasteiger partial charge in [0, 0.05) is 18.2 Å². The Kier molecular flexibility index (Phi) is 4.10. The molecule has 1 N–H and O–H groups in total. The molecule has 0 amide bonds. The summed E-state index contributed by atoms with van der Waals surface area (Å²) in [6.45, 7) is 0. The maximum absolute atomic E-state index is 9.28. The van der Waals surface area contributed by atoms with E-state index in [1.54, 1.807) is 12.1 Å². The highest BCUT2D eigenvalue weighted by molar-refractivity contribution is 5.45. The van der Waals surface area contributed by atoms with Gasteiger partial charge in [-0.1, -0.05) is 18.2 Å². The third kappa shape index (κ3) is 3.37. The molecule has 2 aromatic rings. The molecule has 0 aliphatic carbocycles. The van der Waals surface area contributed by atoms with Crippen LogP contribution in [-0.4, -0.2) is 18.2 Å². The Bertz CT molecular complexity index is 742. The van der Waals surface area contributed by atoms with E-state index in [9.17, 15) is 5.26 Å². The number of nitriles is 1. The molecule has 2 fully saturated rings. The van der Waals surface area contributed by atoms with Gasteiger partial charge in [-0.2, -0.15) is 5.26 Å². The molecule has 4 nitrogen and oxygen atoms in total. The Balaban J connectivity index is 1.52. The Hall–Kier alpha value is -2.51. The second kappa shape index (κ2) is 6.54. The van der Waals surface area contributed by atoms with E-state index in [4.69, 9.17) is 9.47 Å². The molecule has 2 bridgehead atoms. The van der Waals surface area contributed by atoms with Gasteiger partial charge in [0.2, 0.25) is 0 Å². The van der Waals surface area contributed by atoms with Crippen molar-refractivity contribution < 1.29 is 9.47 Å². The fourth-order valence-electron chi connectivity index (χ4n) is 3.68. The lowest BCUT2D eigenvalue weighted by atomic mass is 10.0. The Morgan fingerprint density at radius 3 is 2.33 bits per heavy atom. The molecule has 0 spiro atoms. The largest absolute Gasteiger partial charge is 0.490 e. The third-order valence-corrected chi connectivity index (χ3v) is 4.72. The summed E-state index contributed by atoms with van der Waals surface area (Å²) in [7, 11) is 0. The minimum Gasteiger partial charge on any atom is -0.490 e. The lowest BCUT2D eigenvalue weighted by Gasteiger charge is -2.29. The number of rotatable bonds is 4. The lowest BCUT2D eigenvalue weighted by molar-refractivity contribution is 0.137. The van der Waals surface area contributed by atoms with Crippen molar-refractivity contribution in [2.24, 2.45) is 0 Å². The van der Waals surface area contributed by atoms with Gasteiger partial charge in [-0.15, -0.1) is 0 Å². The van der Waals surface area contributed by atoms with E-state index in [-0.39, 0.29) is 6.10 Å². The maximum atomic E-state index is 9.28. The van der Waals surface area contributed by atoms with E-state index in [0.717, 1.165) is 18.6 Å². The number of piperidine rings is 1. The molecule has 0 radical (unpaired) electrons. The van der Waals surface area contributed by atoms with Crippen LogP contribution in [0.1, 0.15) is 31.2 Å². The number of para-hydroxylation sites is 1. The number of hydrogen-bond donors (Lipinski definition) is 1. The van der Waals surface area contributed by atoms with Crippen LogP contribution in [0.5, 0.6) is 17.2 Å². The van der Waals surface area contributed by atoms with Gasteiger partial charge >= 0.3 is 0 Å². The van der Waals surface area contributed by atoms with Gasteiger partial charge in [0.15, 0.2) is 0 Å². The van der Waals surface area contributed by atoms with Crippen LogP contribution >= 0.6 is 0 Å². The summed E-state index contributed by atoms with van der Waals surface area (Å²) in [5.74, 6) is 2.09. The monoisotopic (exact) mass is 320 g/mol. The van der Waals surface area contributed by atoms with Crippen molar-refractivity contribution in [2.75, 3.05) is 0 Å². The van der Waals surface area contributed by atoms with E-state index >= 15 is 0 Å². The summed E-state index contributed by atoms with van der Waals surface area (Å²) in [4.78, 5) is 0. The molecular weight excluding hydrogens is 300 g/mol. The number of fused-ring (bicyclic) bond motifs is 2. The molecule has 2 saturated heterocycles. The van der Waals surface area contributed by atoms with Gasteiger partial charge in [-0.05, 0) is 49.9 Å². The van der Waals surface area contributed by atoms with E-state index in [2.05, 4.69) is 11.4 Å². The van der Waals surface area contributed by atoms with Crippen molar-refractivity contribution in [2.45, 2.75) is 43.9 Å². The van der Waals surface area contributed by atoms with Crippen molar-refractivity contribution in [1.82, 2.24) is 5.32 Å². The molecule has 0 unspecified atom stereocenters. The second-order valence-corrected chi connectivity index (χ2v) is 6.57. The van der Waals surface area contributed by atoms with Crippen LogP contribution in [0.2, 0.25) is 0 Å². The molecule has 0 saturated carbocycles. The van der Waals surface area contributed by atoms with Crippen LogP contribution in [0.4, 0.5) is 0 Å². The predicted octanol–water partition coefficient (Wildman–Crippen LogP) is 4.01. The summed E-state index contributed by atoms with van der Waals surface area (Å²) in [6, 6.07) is 18.3. The average molecular weight is 320 g/mol. The predicted molar refractivity (Wildman–Crippen MR) is 91.3 cm³/mol. The smallest absolute Gasteiger partial charge is 0.132 e. The summed E-state index contributed by atoms with van der Waals surface area (Å²) in [6.07, 6.45) is 4.75. The molecule has 3 atom stereocenters. The summed E-state index contributed by atoms with van der Waals surface area (Å²) in [5, 5.41) is 12.9. The first-order chi connectivity index (χ1) is 11.8. The zero-order valence-electron chi connectivity index (χ0n) is 13.4. The van der Waals surface area contributed by atoms with Gasteiger partial charge in [-0.25, -0.2) is 0 Å². The van der Waals surface area contributed by atoms with Gasteiger partial charge in [0.05, 0.1) is 11.6 Å².